The van der Waals surface area contributed by atoms with Gasteiger partial charge in [0.1, 0.15) is 0 Å². The molecule has 0 spiro atoms. The number of aryl methyl sites for hydroxylation is 1. The third kappa shape index (κ3) is 2.44. The molecule has 1 nitrogen and oxygen atoms in total. The lowest BCUT2D eigenvalue weighted by Gasteiger charge is -2.26. The van der Waals surface area contributed by atoms with E-state index in [0.717, 1.165) is 5.02 Å². The summed E-state index contributed by atoms with van der Waals surface area (Å²) >= 11 is 6.05. The van der Waals surface area contributed by atoms with Crippen molar-refractivity contribution in [1.29, 1.82) is 0 Å². The van der Waals surface area contributed by atoms with Gasteiger partial charge in [-0.1, -0.05) is 37.4 Å². The third-order valence-corrected chi connectivity index (χ3v) is 5.00. The molecule has 0 radical (unpaired) electrons. The Morgan fingerprint density at radius 2 is 2.11 bits per heavy atom. The number of benzene rings is 1. The predicted octanol–water partition coefficient (Wildman–Crippen LogP) is 4.50. The first-order chi connectivity index (χ1) is 8.66. The lowest BCUT2D eigenvalue weighted by Crippen LogP contribution is -2.31. The summed E-state index contributed by atoms with van der Waals surface area (Å²) in [6, 6.07) is 6.92. The molecule has 2 heteroatoms. The van der Waals surface area contributed by atoms with Crippen molar-refractivity contribution >= 4 is 11.6 Å². The maximum atomic E-state index is 6.05. The van der Waals surface area contributed by atoms with Crippen molar-refractivity contribution in [2.24, 2.45) is 5.41 Å². The van der Waals surface area contributed by atoms with Gasteiger partial charge in [0.15, 0.2) is 0 Å². The van der Waals surface area contributed by atoms with E-state index in [4.69, 9.17) is 11.6 Å². The second kappa shape index (κ2) is 4.86. The molecule has 2 aliphatic carbocycles. The van der Waals surface area contributed by atoms with E-state index in [-0.39, 0.29) is 0 Å². The van der Waals surface area contributed by atoms with Crippen LogP contribution in [0.2, 0.25) is 5.02 Å². The Hall–Kier alpha value is -0.530. The molecule has 1 N–H and O–H groups in total. The third-order valence-electron chi connectivity index (χ3n) is 4.77. The normalized spacial score (nSPS) is 25.3. The molecule has 0 amide bonds. The van der Waals surface area contributed by atoms with Gasteiger partial charge in [0.2, 0.25) is 0 Å². The van der Waals surface area contributed by atoms with Crippen LogP contribution >= 0.6 is 11.6 Å². The van der Waals surface area contributed by atoms with Crippen molar-refractivity contribution in [3.05, 3.63) is 34.3 Å². The number of hydrogen-bond acceptors (Lipinski definition) is 1. The topological polar surface area (TPSA) is 12.0 Å². The molecule has 0 aromatic heterocycles. The van der Waals surface area contributed by atoms with Crippen LogP contribution in [0.1, 0.15) is 56.2 Å². The number of fused-ring (bicyclic) bond motifs is 1. The monoisotopic (exact) mass is 263 g/mol. The van der Waals surface area contributed by atoms with Crippen LogP contribution in [-0.4, -0.2) is 6.54 Å². The highest BCUT2D eigenvalue weighted by Crippen LogP contribution is 2.39. The molecule has 18 heavy (non-hydrogen) atoms. The van der Waals surface area contributed by atoms with Crippen LogP contribution in [-0.2, 0) is 6.42 Å². The van der Waals surface area contributed by atoms with E-state index >= 15 is 0 Å². The van der Waals surface area contributed by atoms with Crippen LogP contribution in [0.5, 0.6) is 0 Å². The average molecular weight is 264 g/mol. The molecule has 1 aromatic carbocycles. The summed E-state index contributed by atoms with van der Waals surface area (Å²) in [5.41, 5.74) is 3.45. The van der Waals surface area contributed by atoms with Crippen LogP contribution in [0.25, 0.3) is 0 Å². The van der Waals surface area contributed by atoms with Crippen molar-refractivity contribution in [3.63, 3.8) is 0 Å². The Labute approximate surface area is 115 Å². The SMILES string of the molecule is CC1(CNC2CCc3cc(Cl)ccc32)CCCC1. The lowest BCUT2D eigenvalue weighted by molar-refractivity contribution is 0.297. The molecule has 3 rings (SSSR count). The van der Waals surface area contributed by atoms with Crippen molar-refractivity contribution in [2.75, 3.05) is 6.54 Å². The van der Waals surface area contributed by atoms with E-state index in [1.165, 1.54) is 56.2 Å². The summed E-state index contributed by atoms with van der Waals surface area (Å²) < 4.78 is 0. The van der Waals surface area contributed by atoms with E-state index in [1.54, 1.807) is 0 Å². The van der Waals surface area contributed by atoms with Crippen molar-refractivity contribution in [1.82, 2.24) is 5.32 Å². The maximum Gasteiger partial charge on any atom is 0.0408 e. The van der Waals surface area contributed by atoms with Gasteiger partial charge in [-0.15, -0.1) is 0 Å². The quantitative estimate of drug-likeness (QED) is 0.847. The molecule has 1 saturated carbocycles. The van der Waals surface area contributed by atoms with E-state index < -0.39 is 0 Å². The molecule has 1 unspecified atom stereocenters. The molecule has 1 atom stereocenters. The van der Waals surface area contributed by atoms with Crippen LogP contribution in [0.15, 0.2) is 18.2 Å². The van der Waals surface area contributed by atoms with E-state index in [2.05, 4.69) is 24.4 Å². The van der Waals surface area contributed by atoms with Crippen molar-refractivity contribution in [2.45, 2.75) is 51.5 Å². The summed E-state index contributed by atoms with van der Waals surface area (Å²) in [5.74, 6) is 0. The highest BCUT2D eigenvalue weighted by Gasteiger charge is 2.30. The van der Waals surface area contributed by atoms with Gasteiger partial charge in [0, 0.05) is 17.6 Å². The summed E-state index contributed by atoms with van der Waals surface area (Å²) in [5, 5.41) is 4.67. The van der Waals surface area contributed by atoms with Gasteiger partial charge < -0.3 is 5.32 Å². The fraction of sp³-hybridized carbons (Fsp3) is 0.625. The molecule has 2 aliphatic rings. The Morgan fingerprint density at radius 3 is 2.89 bits per heavy atom. The maximum absolute atomic E-state index is 6.05. The minimum Gasteiger partial charge on any atom is -0.309 e. The highest BCUT2D eigenvalue weighted by molar-refractivity contribution is 6.30. The first-order valence-corrected chi connectivity index (χ1v) is 7.56. The smallest absolute Gasteiger partial charge is 0.0408 e. The molecule has 0 saturated heterocycles. The minimum atomic E-state index is 0.537. The van der Waals surface area contributed by atoms with Gasteiger partial charge in [-0.3, -0.25) is 0 Å². The largest absolute Gasteiger partial charge is 0.309 e. The standard InChI is InChI=1S/C16H22ClN/c1-16(8-2-3-9-16)11-18-15-7-4-12-10-13(17)5-6-14(12)15/h5-6,10,15,18H,2-4,7-9,11H2,1H3. The number of halogens is 1. The lowest BCUT2D eigenvalue weighted by atomic mass is 9.88. The fourth-order valence-corrected chi connectivity index (χ4v) is 3.77. The van der Waals surface area contributed by atoms with Gasteiger partial charge in [0.05, 0.1) is 0 Å². The zero-order valence-electron chi connectivity index (χ0n) is 11.1. The van der Waals surface area contributed by atoms with Crippen molar-refractivity contribution in [3.8, 4) is 0 Å². The molecule has 1 aromatic rings. The van der Waals surface area contributed by atoms with E-state index in [0.29, 0.717) is 11.5 Å². The summed E-state index contributed by atoms with van der Waals surface area (Å²) in [6.07, 6.45) is 8.00. The predicted molar refractivity (Wildman–Crippen MR) is 77.1 cm³/mol. The molecular weight excluding hydrogens is 242 g/mol. The Bertz CT molecular complexity index is 435. The van der Waals surface area contributed by atoms with Gasteiger partial charge >= 0.3 is 0 Å². The Balaban J connectivity index is 1.66. The van der Waals surface area contributed by atoms with Gasteiger partial charge in [0.25, 0.3) is 0 Å². The molecule has 0 heterocycles. The van der Waals surface area contributed by atoms with Crippen LogP contribution < -0.4 is 5.32 Å². The number of rotatable bonds is 3. The van der Waals surface area contributed by atoms with Gasteiger partial charge in [-0.25, -0.2) is 0 Å². The molecule has 98 valence electrons. The van der Waals surface area contributed by atoms with E-state index in [1.807, 2.05) is 6.07 Å². The summed E-state index contributed by atoms with van der Waals surface area (Å²) in [6.45, 7) is 3.60. The first kappa shape index (κ1) is 12.5. The number of hydrogen-bond donors (Lipinski definition) is 1. The molecule has 0 bridgehead atoms. The first-order valence-electron chi connectivity index (χ1n) is 7.18. The minimum absolute atomic E-state index is 0.537. The zero-order chi connectivity index (χ0) is 12.6. The molecular formula is C16H22ClN. The summed E-state index contributed by atoms with van der Waals surface area (Å²) in [4.78, 5) is 0. The van der Waals surface area contributed by atoms with Crippen LogP contribution in [0, 0.1) is 5.41 Å². The Morgan fingerprint density at radius 1 is 1.33 bits per heavy atom. The molecule has 1 fully saturated rings. The van der Waals surface area contributed by atoms with E-state index in [9.17, 15) is 0 Å². The van der Waals surface area contributed by atoms with Crippen molar-refractivity contribution < 1.29 is 0 Å². The second-order valence-electron chi connectivity index (χ2n) is 6.33. The van der Waals surface area contributed by atoms with Crippen LogP contribution in [0.4, 0.5) is 0 Å². The highest BCUT2D eigenvalue weighted by atomic mass is 35.5. The molecule has 0 aliphatic heterocycles. The Kier molecular flexibility index (Phi) is 3.38. The van der Waals surface area contributed by atoms with Crippen LogP contribution in [0.3, 0.4) is 0 Å². The average Bonchev–Trinajstić information content (AvgIpc) is 2.93. The number of nitrogens with one attached hydrogen (secondary N) is 1. The van der Waals surface area contributed by atoms with Gasteiger partial charge in [-0.2, -0.15) is 0 Å². The second-order valence-corrected chi connectivity index (χ2v) is 6.77. The zero-order valence-corrected chi connectivity index (χ0v) is 11.9. The fourth-order valence-electron chi connectivity index (χ4n) is 3.57. The summed E-state index contributed by atoms with van der Waals surface area (Å²) in [7, 11) is 0. The van der Waals surface area contributed by atoms with Gasteiger partial charge in [-0.05, 0) is 54.4 Å².